The van der Waals surface area contributed by atoms with Crippen molar-refractivity contribution in [1.82, 2.24) is 9.55 Å². The summed E-state index contributed by atoms with van der Waals surface area (Å²) in [7, 11) is 0. The Morgan fingerprint density at radius 1 is 0.397 bits per heavy atom. The highest BCUT2D eigenvalue weighted by Gasteiger charge is 2.34. The van der Waals surface area contributed by atoms with E-state index in [4.69, 9.17) is 9.72 Å². The Morgan fingerprint density at radius 3 is 1.49 bits per heavy atom. The van der Waals surface area contributed by atoms with Crippen LogP contribution in [-0.4, -0.2) is 16.2 Å². The first-order valence-electron chi connectivity index (χ1n) is 26.2. The number of benzene rings is 7. The van der Waals surface area contributed by atoms with Crippen molar-refractivity contribution < 1.29 is 4.74 Å². The average molecular weight is 963 g/mol. The first-order chi connectivity index (χ1) is 34.4. The Bertz CT molecular complexity index is 3510. The van der Waals surface area contributed by atoms with E-state index >= 15 is 0 Å². The van der Waals surface area contributed by atoms with Crippen molar-refractivity contribution in [1.29, 1.82) is 0 Å². The molecule has 0 bridgehead atoms. The van der Waals surface area contributed by atoms with Gasteiger partial charge in [0.2, 0.25) is 0 Å². The lowest BCUT2D eigenvalue weighted by molar-refractivity contribution is 0.480. The molecule has 0 fully saturated rings. The van der Waals surface area contributed by atoms with Crippen LogP contribution in [-0.2, 0) is 27.1 Å². The Labute approximate surface area is 435 Å². The normalized spacial score (nSPS) is 13.6. The van der Waals surface area contributed by atoms with Crippen LogP contribution in [0.4, 0.5) is 22.7 Å². The van der Waals surface area contributed by atoms with Crippen molar-refractivity contribution in [3.05, 3.63) is 214 Å². The average Bonchev–Trinajstić information content (AvgIpc) is 3.88. The lowest BCUT2D eigenvalue weighted by Crippen LogP contribution is -2.26. The van der Waals surface area contributed by atoms with E-state index in [0.29, 0.717) is 6.67 Å². The minimum Gasteiger partial charge on any atom is -0.457 e. The molecule has 73 heavy (non-hydrogen) atoms. The third kappa shape index (κ3) is 9.21. The van der Waals surface area contributed by atoms with Crippen molar-refractivity contribution >= 4 is 44.6 Å². The van der Waals surface area contributed by atoms with Crippen LogP contribution in [0.25, 0.3) is 27.6 Å². The van der Waals surface area contributed by atoms with Crippen molar-refractivity contribution in [2.45, 2.75) is 131 Å². The van der Waals surface area contributed by atoms with E-state index in [1.807, 2.05) is 6.20 Å². The zero-order valence-corrected chi connectivity index (χ0v) is 46.0. The molecule has 0 aliphatic carbocycles. The van der Waals surface area contributed by atoms with E-state index in [1.165, 1.54) is 72.5 Å². The standard InChI is InChI=1S/C68H74N4O/c1-44-32-61-62(33-45(44)2)71(43-70(61)53-35-50(65(6,7)8)34-51(36-53)66(9,10)11)54-37-52(68(14,15)47-24-20-17-21-25-47)38-56(41-54)73-55-27-28-57-58-39-48(64(3,4)5)26-29-59(58)72(60(57)42-55)63-40-49(30-31-69-63)67(12,13)46-22-18-16-19-23-46/h16-42H,43H2,1-15H3. The van der Waals surface area contributed by atoms with Crippen molar-refractivity contribution in [3.8, 4) is 17.3 Å². The van der Waals surface area contributed by atoms with Gasteiger partial charge in [0.15, 0.2) is 0 Å². The van der Waals surface area contributed by atoms with Gasteiger partial charge in [-0.15, -0.1) is 0 Å². The summed E-state index contributed by atoms with van der Waals surface area (Å²) in [5.74, 6) is 2.42. The van der Waals surface area contributed by atoms with Crippen molar-refractivity contribution in [2.75, 3.05) is 16.5 Å². The van der Waals surface area contributed by atoms with Crippen LogP contribution in [0, 0.1) is 13.8 Å². The van der Waals surface area contributed by atoms with Crippen LogP contribution >= 0.6 is 0 Å². The van der Waals surface area contributed by atoms with E-state index in [0.717, 1.165) is 39.4 Å². The summed E-state index contributed by atoms with van der Waals surface area (Å²) in [6.07, 6.45) is 1.96. The smallest absolute Gasteiger partial charge is 0.137 e. The summed E-state index contributed by atoms with van der Waals surface area (Å²) in [6.45, 7) is 35.1. The zero-order valence-electron chi connectivity index (χ0n) is 46.0. The molecule has 1 aliphatic rings. The summed E-state index contributed by atoms with van der Waals surface area (Å²) in [6, 6.07) is 58.4. The SMILES string of the molecule is Cc1cc2c(cc1C)N(c1cc(Oc3ccc4c5cc(C(C)(C)C)ccc5n(-c5cc(C(C)(C)c6ccccc6)ccn5)c4c3)cc(C(C)(C)c3ccccc3)c1)CN2c1cc(C(C)(C)C)cc(C(C)(C)C)c1. The van der Waals surface area contributed by atoms with Crippen LogP contribution in [0.2, 0.25) is 0 Å². The third-order valence-electron chi connectivity index (χ3n) is 15.9. The van der Waals surface area contributed by atoms with Gasteiger partial charge in [0.1, 0.15) is 24.0 Å². The summed E-state index contributed by atoms with van der Waals surface area (Å²) in [5.41, 5.74) is 17.6. The Hall–Kier alpha value is -7.11. The van der Waals surface area contributed by atoms with Gasteiger partial charge < -0.3 is 14.5 Å². The van der Waals surface area contributed by atoms with Crippen LogP contribution in [0.15, 0.2) is 164 Å². The number of aromatic nitrogens is 2. The minimum atomic E-state index is -0.338. The molecule has 0 N–H and O–H groups in total. The maximum Gasteiger partial charge on any atom is 0.137 e. The molecule has 9 aromatic rings. The second-order valence-electron chi connectivity index (χ2n) is 24.9. The Balaban J connectivity index is 1.13. The number of hydrogen-bond acceptors (Lipinski definition) is 4. The molecule has 0 unspecified atom stereocenters. The van der Waals surface area contributed by atoms with E-state index in [9.17, 15) is 0 Å². The molecule has 0 amide bonds. The molecule has 372 valence electrons. The van der Waals surface area contributed by atoms with Gasteiger partial charge in [0, 0.05) is 51.3 Å². The molecule has 0 radical (unpaired) electrons. The van der Waals surface area contributed by atoms with E-state index in [1.54, 1.807) is 0 Å². The van der Waals surface area contributed by atoms with E-state index < -0.39 is 0 Å². The number of ether oxygens (including phenoxy) is 1. The largest absolute Gasteiger partial charge is 0.457 e. The summed E-state index contributed by atoms with van der Waals surface area (Å²) in [4.78, 5) is 10.1. The topological polar surface area (TPSA) is 33.5 Å². The molecule has 7 aromatic carbocycles. The first-order valence-corrected chi connectivity index (χ1v) is 26.2. The molecule has 2 aromatic heterocycles. The maximum absolute atomic E-state index is 7.23. The fourth-order valence-electron chi connectivity index (χ4n) is 10.6. The van der Waals surface area contributed by atoms with Crippen LogP contribution in [0.5, 0.6) is 11.5 Å². The highest BCUT2D eigenvalue weighted by molar-refractivity contribution is 6.10. The molecule has 5 nitrogen and oxygen atoms in total. The van der Waals surface area contributed by atoms with Gasteiger partial charge in [-0.05, 0) is 153 Å². The fourth-order valence-corrected chi connectivity index (χ4v) is 10.6. The molecule has 0 spiro atoms. The third-order valence-corrected chi connectivity index (χ3v) is 15.9. The molecule has 0 atom stereocenters. The second kappa shape index (κ2) is 17.8. The van der Waals surface area contributed by atoms with Crippen LogP contribution in [0.1, 0.15) is 140 Å². The number of hydrogen-bond donors (Lipinski definition) is 0. The molecule has 3 heterocycles. The predicted molar refractivity (Wildman–Crippen MR) is 310 cm³/mol. The van der Waals surface area contributed by atoms with Gasteiger partial charge in [-0.2, -0.15) is 0 Å². The minimum absolute atomic E-state index is 0.0163. The van der Waals surface area contributed by atoms with Crippen molar-refractivity contribution in [2.24, 2.45) is 0 Å². The number of pyridine rings is 1. The van der Waals surface area contributed by atoms with Gasteiger partial charge in [-0.3, -0.25) is 4.57 Å². The number of anilines is 4. The zero-order chi connectivity index (χ0) is 52.0. The van der Waals surface area contributed by atoms with E-state index in [2.05, 4.69) is 276 Å². The Morgan fingerprint density at radius 2 is 0.932 bits per heavy atom. The van der Waals surface area contributed by atoms with Gasteiger partial charge in [0.25, 0.3) is 0 Å². The Kier molecular flexibility index (Phi) is 12.1. The molecule has 1 aliphatic heterocycles. The van der Waals surface area contributed by atoms with Gasteiger partial charge >= 0.3 is 0 Å². The molecule has 0 saturated heterocycles. The highest BCUT2D eigenvalue weighted by atomic mass is 16.5. The lowest BCUT2D eigenvalue weighted by atomic mass is 9.78. The molecular weight excluding hydrogens is 889 g/mol. The predicted octanol–water partition coefficient (Wildman–Crippen LogP) is 18.4. The fraction of sp³-hybridized carbons (Fsp3) is 0.309. The first kappa shape index (κ1) is 49.5. The maximum atomic E-state index is 7.23. The lowest BCUT2D eigenvalue weighted by Gasteiger charge is -2.30. The van der Waals surface area contributed by atoms with Gasteiger partial charge in [-0.1, -0.05) is 163 Å². The number of aryl methyl sites for hydroxylation is 2. The molecule has 0 saturated carbocycles. The highest BCUT2D eigenvalue weighted by Crippen LogP contribution is 2.49. The summed E-state index contributed by atoms with van der Waals surface area (Å²) < 4.78 is 9.56. The van der Waals surface area contributed by atoms with E-state index in [-0.39, 0.29) is 27.1 Å². The molecular formula is C68H74N4O. The molecule has 5 heteroatoms. The van der Waals surface area contributed by atoms with Crippen LogP contribution in [0.3, 0.4) is 0 Å². The molecule has 10 rings (SSSR count). The van der Waals surface area contributed by atoms with Gasteiger partial charge in [-0.25, -0.2) is 4.98 Å². The summed E-state index contributed by atoms with van der Waals surface area (Å²) in [5, 5.41) is 2.36. The second-order valence-corrected chi connectivity index (χ2v) is 24.9. The van der Waals surface area contributed by atoms with Crippen molar-refractivity contribution in [3.63, 3.8) is 0 Å². The van der Waals surface area contributed by atoms with Gasteiger partial charge in [0.05, 0.1) is 22.4 Å². The number of fused-ring (bicyclic) bond motifs is 4. The number of rotatable bonds is 9. The summed E-state index contributed by atoms with van der Waals surface area (Å²) >= 11 is 0. The van der Waals surface area contributed by atoms with Crippen LogP contribution < -0.4 is 14.5 Å². The number of nitrogens with zero attached hydrogens (tertiary/aromatic N) is 4. The monoisotopic (exact) mass is 963 g/mol. The quantitative estimate of drug-likeness (QED) is 0.144.